The smallest absolute Gasteiger partial charge is 0.305 e. The predicted octanol–water partition coefficient (Wildman–Crippen LogP) is 3.19. The minimum absolute atomic E-state index is 0.204. The fourth-order valence-corrected chi connectivity index (χ4v) is 4.89. The maximum Gasteiger partial charge on any atom is 0.305 e. The molecule has 2 heterocycles. The molecule has 4 N–H and O–H groups in total. The molecule has 0 saturated carbocycles. The number of aliphatic carboxylic acids is 1. The number of carboxylic acids is 1. The Bertz CT molecular complexity index is 1620. The molecule has 0 bridgehead atoms. The number of hydrogen-bond donors (Lipinski definition) is 4. The normalized spacial score (nSPS) is 11.4. The van der Waals surface area contributed by atoms with E-state index in [1.807, 2.05) is 19.1 Å². The van der Waals surface area contributed by atoms with E-state index in [2.05, 4.69) is 36.1 Å². The van der Waals surface area contributed by atoms with E-state index >= 15 is 0 Å². The number of carboxylic acid groups (broad SMARTS) is 1. The van der Waals surface area contributed by atoms with Crippen molar-refractivity contribution in [2.24, 2.45) is 12.2 Å². The number of nitrogens with zero attached hydrogens (tertiary/aromatic N) is 6. The van der Waals surface area contributed by atoms with Gasteiger partial charge in [0, 0.05) is 49.4 Å². The van der Waals surface area contributed by atoms with Crippen LogP contribution in [0, 0.1) is 6.92 Å². The summed E-state index contributed by atoms with van der Waals surface area (Å²) in [5.41, 5.74) is 11.2. The molecule has 18 nitrogen and oxygen atoms in total. The summed E-state index contributed by atoms with van der Waals surface area (Å²) in [5, 5.41) is 25.8. The molecule has 0 saturated heterocycles. The van der Waals surface area contributed by atoms with Crippen LogP contribution in [0.4, 0.5) is 5.82 Å². The first kappa shape index (κ1) is 42.2. The maximum atomic E-state index is 12.8. The van der Waals surface area contributed by atoms with Crippen molar-refractivity contribution in [3.8, 4) is 17.0 Å². The van der Waals surface area contributed by atoms with Gasteiger partial charge in [-0.15, -0.1) is 0 Å². The summed E-state index contributed by atoms with van der Waals surface area (Å²) >= 11 is 0. The van der Waals surface area contributed by atoms with Gasteiger partial charge in [-0.1, -0.05) is 11.2 Å². The van der Waals surface area contributed by atoms with Crippen LogP contribution in [-0.4, -0.2) is 117 Å². The molecule has 0 fully saturated rings. The fourth-order valence-electron chi connectivity index (χ4n) is 4.89. The molecule has 288 valence electrons. The Morgan fingerprint density at radius 3 is 2.26 bits per heavy atom. The Morgan fingerprint density at radius 2 is 1.62 bits per heavy atom. The maximum absolute atomic E-state index is 12.8. The molecule has 18 heteroatoms. The SMILES string of the molecule is Cc1ccnc(NCCCC(=O)NCC(=O)NC(CC(=O)O)c2ccc(OCCOCCOCCOCCOCCN=[N+]=[N-])c(-c3ccnn3C)c2)c1. The highest BCUT2D eigenvalue weighted by molar-refractivity contribution is 5.85. The third-order valence-corrected chi connectivity index (χ3v) is 7.47. The zero-order valence-corrected chi connectivity index (χ0v) is 30.2. The van der Waals surface area contributed by atoms with E-state index in [0.717, 1.165) is 17.1 Å². The topological polar surface area (TPSA) is 233 Å². The number of carbonyl (C=O) groups excluding carboxylic acids is 2. The molecule has 0 aliphatic carbocycles. The highest BCUT2D eigenvalue weighted by atomic mass is 16.6. The summed E-state index contributed by atoms with van der Waals surface area (Å²) in [6, 6.07) is 9.91. The largest absolute Gasteiger partial charge is 0.490 e. The van der Waals surface area contributed by atoms with E-state index in [0.29, 0.717) is 82.7 Å². The van der Waals surface area contributed by atoms with Gasteiger partial charge in [-0.25, -0.2) is 4.98 Å². The molecule has 0 radical (unpaired) electrons. The van der Waals surface area contributed by atoms with Crippen molar-refractivity contribution in [3.05, 3.63) is 70.4 Å². The summed E-state index contributed by atoms with van der Waals surface area (Å²) in [6.45, 7) is 5.76. The molecule has 3 rings (SSSR count). The summed E-state index contributed by atoms with van der Waals surface area (Å²) < 4.78 is 29.5. The second-order valence-electron chi connectivity index (χ2n) is 11.6. The molecule has 3 aromatic rings. The number of azide groups is 1. The van der Waals surface area contributed by atoms with Crippen LogP contribution in [0.25, 0.3) is 21.7 Å². The number of anilines is 1. The van der Waals surface area contributed by atoms with Crippen molar-refractivity contribution in [3.63, 3.8) is 0 Å². The average molecular weight is 740 g/mol. The van der Waals surface area contributed by atoms with E-state index in [1.165, 1.54) is 0 Å². The van der Waals surface area contributed by atoms with Gasteiger partial charge >= 0.3 is 5.97 Å². The molecule has 0 aliphatic heterocycles. The Labute approximate surface area is 308 Å². The number of aryl methyl sites for hydroxylation is 2. The number of amides is 2. The van der Waals surface area contributed by atoms with Crippen LogP contribution in [0.5, 0.6) is 5.75 Å². The van der Waals surface area contributed by atoms with Crippen LogP contribution in [-0.2, 0) is 40.4 Å². The third kappa shape index (κ3) is 17.2. The van der Waals surface area contributed by atoms with Gasteiger partial charge in [0.25, 0.3) is 0 Å². The van der Waals surface area contributed by atoms with Crippen molar-refractivity contribution >= 4 is 23.6 Å². The first-order valence-corrected chi connectivity index (χ1v) is 17.3. The molecular formula is C35H49N9O9. The number of pyridine rings is 1. The number of hydrogen-bond acceptors (Lipinski definition) is 12. The number of nitrogens with one attached hydrogen (secondary N) is 3. The van der Waals surface area contributed by atoms with Gasteiger partial charge < -0.3 is 44.7 Å². The van der Waals surface area contributed by atoms with Gasteiger partial charge in [-0.05, 0) is 60.3 Å². The number of carbonyl (C=O) groups is 3. The van der Waals surface area contributed by atoms with Gasteiger partial charge in [0.15, 0.2) is 0 Å². The zero-order chi connectivity index (χ0) is 38.1. The van der Waals surface area contributed by atoms with Crippen molar-refractivity contribution in [1.29, 1.82) is 0 Å². The molecule has 53 heavy (non-hydrogen) atoms. The molecule has 0 aliphatic rings. The van der Waals surface area contributed by atoms with Crippen molar-refractivity contribution < 1.29 is 43.2 Å². The second kappa shape index (κ2) is 24.8. The lowest BCUT2D eigenvalue weighted by molar-refractivity contribution is -0.138. The summed E-state index contributed by atoms with van der Waals surface area (Å²) in [5.74, 6) is -0.665. The van der Waals surface area contributed by atoms with E-state index < -0.39 is 17.9 Å². The van der Waals surface area contributed by atoms with Crippen molar-refractivity contribution in [2.45, 2.75) is 32.2 Å². The van der Waals surface area contributed by atoms with Gasteiger partial charge in [-0.2, -0.15) is 5.10 Å². The van der Waals surface area contributed by atoms with Crippen LogP contribution in [0.15, 0.2) is 53.9 Å². The van der Waals surface area contributed by atoms with E-state index in [9.17, 15) is 19.5 Å². The van der Waals surface area contributed by atoms with E-state index in [-0.39, 0.29) is 38.4 Å². The number of benzene rings is 1. The number of aromatic nitrogens is 3. The summed E-state index contributed by atoms with van der Waals surface area (Å²) in [7, 11) is 1.77. The predicted molar refractivity (Wildman–Crippen MR) is 194 cm³/mol. The highest BCUT2D eigenvalue weighted by Gasteiger charge is 2.21. The van der Waals surface area contributed by atoms with Crippen LogP contribution in [0.3, 0.4) is 0 Å². The Kier molecular flexibility index (Phi) is 19.8. The number of rotatable bonds is 28. The van der Waals surface area contributed by atoms with Crippen LogP contribution in [0.1, 0.15) is 36.4 Å². The second-order valence-corrected chi connectivity index (χ2v) is 11.6. The summed E-state index contributed by atoms with van der Waals surface area (Å²) in [4.78, 5) is 43.9. The van der Waals surface area contributed by atoms with Gasteiger partial charge in [-0.3, -0.25) is 19.1 Å². The lowest BCUT2D eigenvalue weighted by Gasteiger charge is -2.20. The molecule has 1 atom stereocenters. The van der Waals surface area contributed by atoms with E-state index in [1.54, 1.807) is 48.4 Å². The monoisotopic (exact) mass is 739 g/mol. The molecule has 0 spiro atoms. The van der Waals surface area contributed by atoms with Crippen molar-refractivity contribution in [1.82, 2.24) is 25.4 Å². The quantitative estimate of drug-likeness (QED) is 0.0364. The van der Waals surface area contributed by atoms with Crippen molar-refractivity contribution in [2.75, 3.05) is 84.4 Å². The molecule has 1 aromatic carbocycles. The number of ether oxygens (including phenoxy) is 5. The fraction of sp³-hybridized carbons (Fsp3) is 0.514. The van der Waals surface area contributed by atoms with E-state index in [4.69, 9.17) is 29.2 Å². The van der Waals surface area contributed by atoms with Gasteiger partial charge in [0.05, 0.1) is 77.6 Å². The van der Waals surface area contributed by atoms with Crippen LogP contribution >= 0.6 is 0 Å². The minimum Gasteiger partial charge on any atom is -0.490 e. The lowest BCUT2D eigenvalue weighted by Crippen LogP contribution is -2.39. The third-order valence-electron chi connectivity index (χ3n) is 7.47. The Balaban J connectivity index is 1.43. The van der Waals surface area contributed by atoms with Crippen LogP contribution < -0.4 is 20.7 Å². The first-order valence-electron chi connectivity index (χ1n) is 17.3. The first-order chi connectivity index (χ1) is 25.8. The molecule has 2 aromatic heterocycles. The van der Waals surface area contributed by atoms with Gasteiger partial charge in [0.2, 0.25) is 11.8 Å². The lowest BCUT2D eigenvalue weighted by atomic mass is 9.99. The molecule has 2 amide bonds. The molecule has 1 unspecified atom stereocenters. The Morgan fingerprint density at radius 1 is 0.925 bits per heavy atom. The average Bonchev–Trinajstić information content (AvgIpc) is 3.57. The van der Waals surface area contributed by atoms with Gasteiger partial charge in [0.1, 0.15) is 18.2 Å². The standard InChI is InChI=1S/C35H49N9O9/c1-26-7-10-38-32(22-26)37-9-3-4-33(45)39-25-34(46)42-29(24-35(47)48)27-5-6-31(28(23-27)30-8-11-41-44(30)2)53-21-20-52-19-18-51-17-16-50-15-14-49-13-12-40-43-36/h5-8,10-11,22-23,29H,3-4,9,12-21,24-25H2,1-2H3,(H,37,38)(H,39,45)(H,42,46)(H,47,48). The summed E-state index contributed by atoms with van der Waals surface area (Å²) in [6.07, 6.45) is 3.71. The zero-order valence-electron chi connectivity index (χ0n) is 30.2. The minimum atomic E-state index is -1.10. The molecular weight excluding hydrogens is 690 g/mol. The highest BCUT2D eigenvalue weighted by Crippen LogP contribution is 2.33. The van der Waals surface area contributed by atoms with Crippen LogP contribution in [0.2, 0.25) is 0 Å². The Hall–Kier alpha value is -5.26.